The minimum atomic E-state index is -0.874. The number of rotatable bonds is 6. The molecular weight excluding hydrogens is 328 g/mol. The van der Waals surface area contributed by atoms with Crippen molar-refractivity contribution in [3.63, 3.8) is 0 Å². The lowest BCUT2D eigenvalue weighted by Gasteiger charge is -2.58. The van der Waals surface area contributed by atoms with E-state index in [1.165, 1.54) is 25.0 Å². The fourth-order valence-corrected chi connectivity index (χ4v) is 5.71. The predicted octanol–water partition coefficient (Wildman–Crippen LogP) is 5.14. The molecule has 0 aromatic carbocycles. The van der Waals surface area contributed by atoms with Crippen LogP contribution in [0.5, 0.6) is 0 Å². The predicted molar refractivity (Wildman–Crippen MR) is 103 cm³/mol. The average Bonchev–Trinajstić information content (AvgIpc) is 2.51. The summed E-state index contributed by atoms with van der Waals surface area (Å²) in [6.07, 6.45) is 8.58. The van der Waals surface area contributed by atoms with Crippen LogP contribution >= 0.6 is 0 Å². The summed E-state index contributed by atoms with van der Waals surface area (Å²) in [5, 5.41) is 8.95. The largest absolute Gasteiger partial charge is 0.478 e. The summed E-state index contributed by atoms with van der Waals surface area (Å²) in [6, 6.07) is 0. The smallest absolute Gasteiger partial charge is 0.328 e. The van der Waals surface area contributed by atoms with Crippen molar-refractivity contribution >= 4 is 11.9 Å². The Balaban J connectivity index is 2.20. The molecule has 0 aromatic heterocycles. The van der Waals surface area contributed by atoms with Crippen LogP contribution in [-0.4, -0.2) is 23.7 Å². The van der Waals surface area contributed by atoms with Crippen molar-refractivity contribution in [3.05, 3.63) is 23.8 Å². The molecule has 4 heteroatoms. The van der Waals surface area contributed by atoms with Crippen LogP contribution in [0.2, 0.25) is 0 Å². The molecule has 0 bridgehead atoms. The lowest BCUT2D eigenvalue weighted by Crippen LogP contribution is -2.52. The molecule has 2 aliphatic rings. The standard InChI is InChI=1S/C22H34O4/c1-15(13-20(24)25)7-9-18-16(2)8-10-19-21(4,14-26-17(3)23)11-6-12-22(18,19)5/h13,18-19H,2,6-12,14H2,1,3-5H3,(H,24,25). The van der Waals surface area contributed by atoms with E-state index in [0.717, 1.165) is 44.1 Å². The van der Waals surface area contributed by atoms with E-state index in [0.29, 0.717) is 18.4 Å². The molecule has 2 saturated carbocycles. The molecule has 1 N–H and O–H groups in total. The van der Waals surface area contributed by atoms with Gasteiger partial charge in [-0.25, -0.2) is 4.79 Å². The molecule has 0 radical (unpaired) electrons. The molecule has 146 valence electrons. The molecule has 4 unspecified atom stereocenters. The van der Waals surface area contributed by atoms with Gasteiger partial charge < -0.3 is 9.84 Å². The molecule has 2 aliphatic carbocycles. The number of aliphatic carboxylic acids is 1. The van der Waals surface area contributed by atoms with Crippen LogP contribution in [0.1, 0.15) is 72.6 Å². The second-order valence-electron chi connectivity index (χ2n) is 8.96. The van der Waals surface area contributed by atoms with Gasteiger partial charge in [-0.05, 0) is 62.7 Å². The summed E-state index contributed by atoms with van der Waals surface area (Å²) in [7, 11) is 0. The van der Waals surface area contributed by atoms with Crippen molar-refractivity contribution in [1.82, 2.24) is 0 Å². The molecule has 2 fully saturated rings. The fourth-order valence-electron chi connectivity index (χ4n) is 5.71. The van der Waals surface area contributed by atoms with Gasteiger partial charge in [0.25, 0.3) is 0 Å². The SMILES string of the molecule is C=C1CCC2C(C)(COC(C)=O)CCCC2(C)C1CCC(C)=CC(=O)O. The molecule has 2 rings (SSSR count). The zero-order chi connectivity index (χ0) is 19.5. The third kappa shape index (κ3) is 4.39. The van der Waals surface area contributed by atoms with Crippen LogP contribution in [0, 0.1) is 22.7 Å². The molecule has 4 atom stereocenters. The molecule has 0 saturated heterocycles. The lowest BCUT2D eigenvalue weighted by molar-refractivity contribution is -0.152. The van der Waals surface area contributed by atoms with Crippen LogP contribution < -0.4 is 0 Å². The van der Waals surface area contributed by atoms with Crippen molar-refractivity contribution in [2.24, 2.45) is 22.7 Å². The number of carboxylic acids is 1. The molecule has 0 amide bonds. The highest BCUT2D eigenvalue weighted by Crippen LogP contribution is 2.62. The first-order chi connectivity index (χ1) is 12.1. The highest BCUT2D eigenvalue weighted by atomic mass is 16.5. The van der Waals surface area contributed by atoms with Gasteiger partial charge in [-0.1, -0.05) is 38.0 Å². The second-order valence-corrected chi connectivity index (χ2v) is 8.96. The average molecular weight is 363 g/mol. The summed E-state index contributed by atoms with van der Waals surface area (Å²) in [6.45, 7) is 12.9. The Morgan fingerprint density at radius 1 is 1.31 bits per heavy atom. The minimum Gasteiger partial charge on any atom is -0.478 e. The van der Waals surface area contributed by atoms with E-state index in [1.807, 2.05) is 6.92 Å². The first-order valence-electron chi connectivity index (χ1n) is 9.79. The lowest BCUT2D eigenvalue weighted by atomic mass is 9.47. The summed E-state index contributed by atoms with van der Waals surface area (Å²) < 4.78 is 5.45. The summed E-state index contributed by atoms with van der Waals surface area (Å²) in [4.78, 5) is 22.3. The minimum absolute atomic E-state index is 0.0174. The monoisotopic (exact) mass is 362 g/mol. The van der Waals surface area contributed by atoms with E-state index in [2.05, 4.69) is 20.4 Å². The maximum atomic E-state index is 11.4. The fraction of sp³-hybridized carbons (Fsp3) is 0.727. The zero-order valence-corrected chi connectivity index (χ0v) is 16.8. The zero-order valence-electron chi connectivity index (χ0n) is 16.8. The number of hydrogen-bond donors (Lipinski definition) is 1. The molecule has 0 aliphatic heterocycles. The topological polar surface area (TPSA) is 63.6 Å². The quantitative estimate of drug-likeness (QED) is 0.404. The first-order valence-corrected chi connectivity index (χ1v) is 9.79. The van der Waals surface area contributed by atoms with Gasteiger partial charge >= 0.3 is 11.9 Å². The number of allylic oxidation sites excluding steroid dienone is 2. The van der Waals surface area contributed by atoms with Gasteiger partial charge in [-0.2, -0.15) is 0 Å². The third-order valence-corrected chi connectivity index (χ3v) is 6.95. The van der Waals surface area contributed by atoms with Gasteiger partial charge in [-0.3, -0.25) is 4.79 Å². The molecular formula is C22H34O4. The third-order valence-electron chi connectivity index (χ3n) is 6.95. The Morgan fingerprint density at radius 3 is 2.62 bits per heavy atom. The number of fused-ring (bicyclic) bond motifs is 1. The van der Waals surface area contributed by atoms with Crippen molar-refractivity contribution in [2.75, 3.05) is 6.61 Å². The summed E-state index contributed by atoms with van der Waals surface area (Å²) in [5.41, 5.74) is 2.38. The van der Waals surface area contributed by atoms with Crippen LogP contribution in [0.25, 0.3) is 0 Å². The van der Waals surface area contributed by atoms with Gasteiger partial charge in [0.2, 0.25) is 0 Å². The summed E-state index contributed by atoms with van der Waals surface area (Å²) in [5.74, 6) is -0.178. The van der Waals surface area contributed by atoms with E-state index in [-0.39, 0.29) is 16.8 Å². The second kappa shape index (κ2) is 7.98. The maximum absolute atomic E-state index is 11.4. The Morgan fingerprint density at radius 2 is 2.00 bits per heavy atom. The van der Waals surface area contributed by atoms with Gasteiger partial charge in [-0.15, -0.1) is 0 Å². The van der Waals surface area contributed by atoms with Gasteiger partial charge in [0.05, 0.1) is 6.61 Å². The Bertz CT molecular complexity index is 605. The van der Waals surface area contributed by atoms with Crippen molar-refractivity contribution in [2.45, 2.75) is 72.6 Å². The number of carboxylic acid groups (broad SMARTS) is 1. The molecule has 26 heavy (non-hydrogen) atoms. The van der Waals surface area contributed by atoms with Crippen molar-refractivity contribution in [3.8, 4) is 0 Å². The van der Waals surface area contributed by atoms with E-state index in [9.17, 15) is 9.59 Å². The molecule has 0 heterocycles. The molecule has 4 nitrogen and oxygen atoms in total. The Hall–Kier alpha value is -1.58. The van der Waals surface area contributed by atoms with E-state index in [1.54, 1.807) is 0 Å². The van der Waals surface area contributed by atoms with Crippen LogP contribution in [0.3, 0.4) is 0 Å². The normalized spacial score (nSPS) is 34.9. The highest BCUT2D eigenvalue weighted by Gasteiger charge is 2.54. The van der Waals surface area contributed by atoms with Gasteiger partial charge in [0, 0.05) is 18.4 Å². The number of carbonyl (C=O) groups is 2. The maximum Gasteiger partial charge on any atom is 0.328 e. The van der Waals surface area contributed by atoms with Crippen molar-refractivity contribution in [1.29, 1.82) is 0 Å². The van der Waals surface area contributed by atoms with Crippen LogP contribution in [-0.2, 0) is 14.3 Å². The number of ether oxygens (including phenoxy) is 1. The van der Waals surface area contributed by atoms with E-state index >= 15 is 0 Å². The first kappa shape index (κ1) is 20.7. The van der Waals surface area contributed by atoms with Crippen LogP contribution in [0.4, 0.5) is 0 Å². The number of esters is 1. The number of carbonyl (C=O) groups excluding carboxylic acids is 1. The molecule has 0 aromatic rings. The van der Waals surface area contributed by atoms with Crippen LogP contribution in [0.15, 0.2) is 23.8 Å². The van der Waals surface area contributed by atoms with E-state index in [4.69, 9.17) is 9.84 Å². The summed E-state index contributed by atoms with van der Waals surface area (Å²) >= 11 is 0. The number of hydrogen-bond acceptors (Lipinski definition) is 3. The highest BCUT2D eigenvalue weighted by molar-refractivity contribution is 5.80. The Kier molecular flexibility index (Phi) is 6.36. The van der Waals surface area contributed by atoms with E-state index < -0.39 is 5.97 Å². The van der Waals surface area contributed by atoms with Crippen molar-refractivity contribution < 1.29 is 19.4 Å². The van der Waals surface area contributed by atoms with Gasteiger partial charge in [0.1, 0.15) is 0 Å². The molecule has 0 spiro atoms. The van der Waals surface area contributed by atoms with Gasteiger partial charge in [0.15, 0.2) is 0 Å². The Labute approximate surface area is 157 Å².